The number of Topliss-reactive ketones (excluding diaryl/α,β-unsaturated/α-hetero) is 4. The second kappa shape index (κ2) is 45.2. The number of ketones is 4. The van der Waals surface area contributed by atoms with E-state index in [4.69, 9.17) is 67.8 Å². The second-order valence-corrected chi connectivity index (χ2v) is 34.2. The molecule has 4 aromatic heterocycles. The Labute approximate surface area is 811 Å². The summed E-state index contributed by atoms with van der Waals surface area (Å²) < 4.78 is 111. The van der Waals surface area contributed by atoms with E-state index >= 15 is 0 Å². The van der Waals surface area contributed by atoms with E-state index in [1.54, 1.807) is 150 Å². The van der Waals surface area contributed by atoms with Crippen LogP contribution in [0.3, 0.4) is 0 Å². The van der Waals surface area contributed by atoms with Gasteiger partial charge < -0.3 is 109 Å². The third kappa shape index (κ3) is 23.3. The zero-order valence-corrected chi connectivity index (χ0v) is 79.7. The summed E-state index contributed by atoms with van der Waals surface area (Å²) >= 11 is 0. The Kier molecular flexibility index (Phi) is 32.0. The fourth-order valence-corrected chi connectivity index (χ4v) is 17.5. The molecule has 30 heteroatoms. The van der Waals surface area contributed by atoms with Gasteiger partial charge in [-0.25, -0.2) is 17.6 Å². The Hall–Kier alpha value is -15.8. The molecule has 730 valence electrons. The number of hydrogen-bond donors (Lipinski definition) is 12. The zero-order chi connectivity index (χ0) is 99.8. The van der Waals surface area contributed by atoms with Gasteiger partial charge in [0.15, 0.2) is 23.1 Å². The number of benzene rings is 12. The number of fused-ring (bicyclic) bond motifs is 7. The third-order valence-electron chi connectivity index (χ3n) is 24.6. The predicted molar refractivity (Wildman–Crippen MR) is 535 cm³/mol. The molecule has 0 saturated carbocycles. The molecule has 6 heterocycles. The molecule has 2 aliphatic heterocycles. The van der Waals surface area contributed by atoms with Crippen molar-refractivity contribution >= 4 is 89.5 Å². The number of aliphatic hydroxyl groups is 4. The highest BCUT2D eigenvalue weighted by atomic mass is 19.1. The molecule has 12 aromatic carbocycles. The molecule has 4 unspecified atom stereocenters. The summed E-state index contributed by atoms with van der Waals surface area (Å²) in [6, 6.07) is 52.8. The molecule has 0 radical (unpaired) electrons. The zero-order valence-electron chi connectivity index (χ0n) is 79.7. The van der Waals surface area contributed by atoms with E-state index in [2.05, 4.69) is 41.2 Å². The van der Waals surface area contributed by atoms with Gasteiger partial charge in [0.05, 0.1) is 73.6 Å². The Balaban J connectivity index is 0.000000142. The minimum absolute atomic E-state index is 0.120. The molecular weight excluding hydrogens is 1810 g/mol. The number of H-pyrrole nitrogens is 4. The molecule has 0 saturated heterocycles. The first-order chi connectivity index (χ1) is 68.1. The van der Waals surface area contributed by atoms with Gasteiger partial charge in [-0.05, 0) is 201 Å². The third-order valence-corrected chi connectivity index (χ3v) is 24.6. The van der Waals surface area contributed by atoms with Crippen LogP contribution in [0.15, 0.2) is 225 Å². The van der Waals surface area contributed by atoms with Gasteiger partial charge in [-0.15, -0.1) is 0 Å². The highest BCUT2D eigenvalue weighted by molar-refractivity contribution is 6.15. The standard InChI is InChI=1S/2C28H27FN2O5.C28H29FN2O4.C27H27FN2O4/c1-16-9-18(29)3-4-22(16)27(31-19-11-20(34-2)13-21(12-19)35-8-6-32)28(33)24-15-30-25-14-26-17(5-7-36-26)10-23(24)25;1-16-11-17(29)3-4-21(16)27(31-18-12-19(34-2)14-20(13-18)35-10-8-32)28(33)24-15-30-26-22(24)5-6-25-23(26)7-9-36-25;1-16-10-24-25(15-30-26(24)11-17(16)2)28(33)27(23-6-5-19(29)9-18(23)3)31-20-12-21(34-4)14-22(13-20)35-8-7-32;1-16-4-7-25-23(10-16)24(15-29-25)27(32)26(22-6-5-18(28)11-17(22)2)30-19-12-20(33-3)14-21(13-19)34-9-8-31/h3-4,9-15,27,30-32H,5-8H2,1-2H3;3-6,11-15,27,30-32H,7-10H2,1-2H3;5-6,9-15,27,30-32H,7-8H2,1-4H3;4-7,10-15,26,29-31H,8-9H2,1-3H3. The van der Waals surface area contributed by atoms with E-state index in [9.17, 15) is 36.7 Å². The molecule has 0 amide bonds. The fourth-order valence-electron chi connectivity index (χ4n) is 17.5. The Morgan fingerprint density at radius 2 is 0.652 bits per heavy atom. The Morgan fingerprint density at radius 3 is 1.03 bits per heavy atom. The normalized spacial score (nSPS) is 12.6. The first kappa shape index (κ1) is 99.7. The van der Waals surface area contributed by atoms with Crippen molar-refractivity contribution in [3.63, 3.8) is 0 Å². The van der Waals surface area contributed by atoms with Crippen LogP contribution in [0, 0.1) is 71.7 Å². The molecule has 18 rings (SSSR count). The highest BCUT2D eigenvalue weighted by Crippen LogP contribution is 2.43. The first-order valence-corrected chi connectivity index (χ1v) is 45.8. The van der Waals surface area contributed by atoms with Crippen molar-refractivity contribution in [2.24, 2.45) is 0 Å². The smallest absolute Gasteiger partial charge is 0.191 e. The maximum atomic E-state index is 14.1. The lowest BCUT2D eigenvalue weighted by molar-refractivity contribution is 0.0963. The van der Waals surface area contributed by atoms with Crippen LogP contribution in [0.5, 0.6) is 57.5 Å². The summed E-state index contributed by atoms with van der Waals surface area (Å²) in [5.74, 6) is 3.59. The molecule has 12 N–H and O–H groups in total. The Bertz CT molecular complexity index is 7140. The maximum absolute atomic E-state index is 14.1. The van der Waals surface area contributed by atoms with Gasteiger partial charge in [-0.1, -0.05) is 35.9 Å². The number of aryl methyl sites for hydroxylation is 7. The van der Waals surface area contributed by atoms with Crippen molar-refractivity contribution in [3.05, 3.63) is 343 Å². The number of ether oxygens (including phenoxy) is 10. The van der Waals surface area contributed by atoms with Crippen molar-refractivity contribution < 1.29 is 105 Å². The summed E-state index contributed by atoms with van der Waals surface area (Å²) in [4.78, 5) is 68.9. The summed E-state index contributed by atoms with van der Waals surface area (Å²) in [6.45, 7) is 14.3. The lowest BCUT2D eigenvalue weighted by atomic mass is 9.93. The van der Waals surface area contributed by atoms with Gasteiger partial charge in [0.25, 0.3) is 0 Å². The maximum Gasteiger partial charge on any atom is 0.191 e. The molecule has 141 heavy (non-hydrogen) atoms. The van der Waals surface area contributed by atoms with Crippen LogP contribution in [0.25, 0.3) is 43.6 Å². The largest absolute Gasteiger partial charge is 0.497 e. The van der Waals surface area contributed by atoms with E-state index in [1.807, 2.05) is 75.4 Å². The predicted octanol–water partition coefficient (Wildman–Crippen LogP) is 20.9. The molecule has 0 fully saturated rings. The van der Waals surface area contributed by atoms with E-state index in [-0.39, 0.29) is 99.3 Å². The van der Waals surface area contributed by atoms with Crippen molar-refractivity contribution in [3.8, 4) is 57.5 Å². The van der Waals surface area contributed by atoms with Gasteiger partial charge in [0.2, 0.25) is 0 Å². The van der Waals surface area contributed by atoms with Gasteiger partial charge >= 0.3 is 0 Å². The summed E-state index contributed by atoms with van der Waals surface area (Å²) in [7, 11) is 6.15. The molecule has 0 bridgehead atoms. The minimum atomic E-state index is -0.813. The van der Waals surface area contributed by atoms with Crippen molar-refractivity contribution in [2.75, 3.05) is 116 Å². The van der Waals surface area contributed by atoms with Crippen LogP contribution in [-0.4, -0.2) is 158 Å². The van der Waals surface area contributed by atoms with Crippen LogP contribution < -0.4 is 68.6 Å². The van der Waals surface area contributed by atoms with E-state index in [1.165, 1.54) is 77.0 Å². The Morgan fingerprint density at radius 1 is 0.326 bits per heavy atom. The fraction of sp³-hybridized carbons (Fsp3) is 0.243. The van der Waals surface area contributed by atoms with Gasteiger partial charge in [-0.3, -0.25) is 19.2 Å². The number of anilines is 4. The van der Waals surface area contributed by atoms with Crippen molar-refractivity contribution in [2.45, 2.75) is 85.5 Å². The number of halogens is 4. The van der Waals surface area contributed by atoms with Crippen LogP contribution in [-0.2, 0) is 12.8 Å². The topological polar surface area (TPSA) is 353 Å². The lowest BCUT2D eigenvalue weighted by Crippen LogP contribution is -2.22. The number of carbonyl (C=O) groups excluding carboxylic acids is 4. The number of rotatable bonds is 36. The molecule has 0 aliphatic carbocycles. The average molecular weight is 1920 g/mol. The number of carbonyl (C=O) groups is 4. The molecule has 2 aliphatic rings. The average Bonchev–Trinajstić information content (AvgIpc) is 1.66. The van der Waals surface area contributed by atoms with E-state index in [0.717, 1.165) is 95.8 Å². The molecule has 0 spiro atoms. The summed E-state index contributed by atoms with van der Waals surface area (Å²) in [5, 5.41) is 53.1. The highest BCUT2D eigenvalue weighted by Gasteiger charge is 2.34. The van der Waals surface area contributed by atoms with Crippen LogP contribution in [0.4, 0.5) is 40.3 Å². The number of aromatic nitrogens is 4. The first-order valence-electron chi connectivity index (χ1n) is 45.8. The van der Waals surface area contributed by atoms with Gasteiger partial charge in [0.1, 0.15) is 131 Å². The van der Waals surface area contributed by atoms with Crippen LogP contribution >= 0.6 is 0 Å². The molecule has 16 aromatic rings. The number of hydrogen-bond acceptors (Lipinski definition) is 22. The van der Waals surface area contributed by atoms with Crippen LogP contribution in [0.1, 0.15) is 138 Å². The number of aliphatic hydroxyl groups excluding tert-OH is 4. The van der Waals surface area contributed by atoms with E-state index in [0.29, 0.717) is 149 Å². The minimum Gasteiger partial charge on any atom is -0.497 e. The number of nitrogens with one attached hydrogen (secondary N) is 8. The molecule has 4 atom stereocenters. The monoisotopic (exact) mass is 1920 g/mol. The number of methoxy groups -OCH3 is 4. The second-order valence-electron chi connectivity index (χ2n) is 34.2. The number of aromatic amines is 4. The quantitative estimate of drug-likeness (QED) is 0.0128. The summed E-state index contributed by atoms with van der Waals surface area (Å²) in [6.07, 6.45) is 8.43. The van der Waals surface area contributed by atoms with Crippen LogP contribution in [0.2, 0.25) is 0 Å². The van der Waals surface area contributed by atoms with Gasteiger partial charge in [-0.2, -0.15) is 0 Å². The SMILES string of the molecule is COc1cc(NC(C(=O)c2c[nH]c3c4c(ccc23)OCC4)c2ccc(F)cc2C)cc(OCCO)c1.COc1cc(NC(C(=O)c2c[nH]c3cc(C)c(C)cc23)c2ccc(F)cc2C)cc(OCCO)c1.COc1cc(NC(C(=O)c2c[nH]c3cc4c(cc23)CCO4)c2ccc(F)cc2C)cc(OCCO)c1.COc1cc(NC(C(=O)c2c[nH]c3ccc(C)cc23)c2ccc(F)cc2C)cc(OCCO)c1. The van der Waals surface area contributed by atoms with Crippen molar-refractivity contribution in [1.82, 2.24) is 19.9 Å². The molecule has 26 nitrogen and oxygen atoms in total. The van der Waals surface area contributed by atoms with Crippen molar-refractivity contribution in [1.29, 1.82) is 0 Å². The molecular formula is C111H110F4N8O18. The lowest BCUT2D eigenvalue weighted by Gasteiger charge is -2.22. The summed E-state index contributed by atoms with van der Waals surface area (Å²) in [5.41, 5.74) is 18.6. The van der Waals surface area contributed by atoms with E-state index < -0.39 is 24.2 Å². The van der Waals surface area contributed by atoms with Gasteiger partial charge in [0, 0.05) is 205 Å².